The standard InChI is InChI=1S/C12H15NO.C11H13NO/c1-2-12(14)13-8-7-10-5-3-4-6-11(10)9-13;1-9(13)12-7-6-10-4-2-3-5-11(10)8-12/h3-6H,2,7-9H2,1H3;2-5H,6-8H2,1H3/i1-1;. The van der Waals surface area contributed by atoms with Gasteiger partial charge >= 0.3 is 0 Å². The fraction of sp³-hybridized carbons (Fsp3) is 0.391. The summed E-state index contributed by atoms with van der Waals surface area (Å²) in [5.74, 6) is 0.439. The lowest BCUT2D eigenvalue weighted by atomic mass is 9.99. The van der Waals surface area contributed by atoms with Crippen LogP contribution in [0.1, 0.15) is 42.5 Å². The number of carbonyl (C=O) groups excluding carboxylic acids is 2. The van der Waals surface area contributed by atoms with Gasteiger partial charge in [0.2, 0.25) is 11.8 Å². The van der Waals surface area contributed by atoms with Crippen LogP contribution in [-0.4, -0.2) is 34.7 Å². The molecule has 4 heteroatoms. The molecule has 0 atom stereocenters. The second-order valence-corrected chi connectivity index (χ2v) is 7.15. The summed E-state index contributed by atoms with van der Waals surface area (Å²) in [7, 11) is 0. The molecule has 0 radical (unpaired) electrons. The van der Waals surface area contributed by atoms with Crippen LogP contribution in [0.5, 0.6) is 0 Å². The minimum atomic E-state index is 0.175. The molecule has 0 N–H and O–H groups in total. The van der Waals surface area contributed by atoms with Gasteiger partial charge in [-0.2, -0.15) is 0 Å². The van der Waals surface area contributed by atoms with Crippen molar-refractivity contribution in [3.63, 3.8) is 0 Å². The Bertz CT molecular complexity index is 816. The van der Waals surface area contributed by atoms with Crippen molar-refractivity contribution in [2.75, 3.05) is 13.1 Å². The molecular formula is C23H28N2O2. The molecule has 4 rings (SSSR count). The van der Waals surface area contributed by atoms with Crippen LogP contribution < -0.4 is 0 Å². The molecule has 2 amide bonds. The number of hydrogen-bond donors (Lipinski definition) is 0. The van der Waals surface area contributed by atoms with E-state index < -0.39 is 0 Å². The number of nitrogens with zero attached hydrogens (tertiary/aromatic N) is 2. The van der Waals surface area contributed by atoms with E-state index in [1.54, 1.807) is 6.92 Å². The summed E-state index contributed by atoms with van der Waals surface area (Å²) in [6.45, 7) is 6.88. The zero-order chi connectivity index (χ0) is 19.2. The maximum absolute atomic E-state index is 11.5. The molecule has 2 aromatic rings. The number of carbonyl (C=O) groups is 2. The van der Waals surface area contributed by atoms with Gasteiger partial charge in [0.15, 0.2) is 0 Å². The minimum Gasteiger partial charge on any atom is -0.338 e. The van der Waals surface area contributed by atoms with Gasteiger partial charge in [0.05, 0.1) is 0 Å². The van der Waals surface area contributed by atoms with Gasteiger partial charge in [-0.25, -0.2) is 0 Å². The molecule has 0 bridgehead atoms. The number of fused-ring (bicyclic) bond motifs is 2. The number of rotatable bonds is 1. The van der Waals surface area contributed by atoms with E-state index in [9.17, 15) is 9.59 Å². The first-order valence-corrected chi connectivity index (χ1v) is 9.75. The lowest BCUT2D eigenvalue weighted by Gasteiger charge is -2.28. The van der Waals surface area contributed by atoms with Crippen LogP contribution in [0.4, 0.5) is 0 Å². The Kier molecular flexibility index (Phi) is 6.28. The van der Waals surface area contributed by atoms with Gasteiger partial charge in [-0.05, 0) is 35.1 Å². The van der Waals surface area contributed by atoms with Crippen molar-refractivity contribution in [1.82, 2.24) is 9.80 Å². The maximum atomic E-state index is 11.5. The molecule has 0 saturated carbocycles. The van der Waals surface area contributed by atoms with Crippen LogP contribution in [0.15, 0.2) is 48.5 Å². The molecule has 27 heavy (non-hydrogen) atoms. The topological polar surface area (TPSA) is 40.6 Å². The fourth-order valence-corrected chi connectivity index (χ4v) is 3.70. The van der Waals surface area contributed by atoms with Crippen LogP contribution in [0.3, 0.4) is 0 Å². The summed E-state index contributed by atoms with van der Waals surface area (Å²) in [4.78, 5) is 26.5. The zero-order valence-electron chi connectivity index (χ0n) is 16.3. The molecule has 2 aliphatic heterocycles. The molecule has 0 saturated heterocycles. The zero-order valence-corrected chi connectivity index (χ0v) is 16.3. The van der Waals surface area contributed by atoms with E-state index in [1.165, 1.54) is 22.3 Å². The highest BCUT2D eigenvalue weighted by Crippen LogP contribution is 2.19. The summed E-state index contributed by atoms with van der Waals surface area (Å²) in [6, 6.07) is 16.7. The first-order chi connectivity index (χ1) is 13.1. The molecule has 2 aromatic carbocycles. The van der Waals surface area contributed by atoms with Crippen LogP contribution in [0.2, 0.25) is 0 Å². The van der Waals surface area contributed by atoms with Crippen LogP contribution >= 0.6 is 0 Å². The first kappa shape index (κ1) is 19.2. The Morgan fingerprint density at radius 3 is 1.70 bits per heavy atom. The number of benzene rings is 2. The highest BCUT2D eigenvalue weighted by molar-refractivity contribution is 5.76. The third-order valence-corrected chi connectivity index (χ3v) is 5.36. The van der Waals surface area contributed by atoms with Crippen molar-refractivity contribution in [1.29, 1.82) is 0 Å². The van der Waals surface area contributed by atoms with Crippen molar-refractivity contribution in [2.45, 2.75) is 46.2 Å². The Morgan fingerprint density at radius 2 is 1.22 bits per heavy atom. The third kappa shape index (κ3) is 4.76. The van der Waals surface area contributed by atoms with Crippen LogP contribution in [0, 0.1) is 0 Å². The first-order valence-electron chi connectivity index (χ1n) is 9.75. The highest BCUT2D eigenvalue weighted by atomic mass is 16.2. The molecule has 4 nitrogen and oxygen atoms in total. The van der Waals surface area contributed by atoms with Crippen molar-refractivity contribution in [3.8, 4) is 0 Å². The van der Waals surface area contributed by atoms with Crippen LogP contribution in [-0.2, 0) is 35.5 Å². The van der Waals surface area contributed by atoms with E-state index in [1.807, 2.05) is 28.9 Å². The van der Waals surface area contributed by atoms with E-state index in [2.05, 4.69) is 36.4 Å². The summed E-state index contributed by atoms with van der Waals surface area (Å²) >= 11 is 0. The van der Waals surface area contributed by atoms with Gasteiger partial charge in [0, 0.05) is 39.5 Å². The average molecular weight is 363 g/mol. The largest absolute Gasteiger partial charge is 0.338 e. The minimum absolute atomic E-state index is 0.175. The summed E-state index contributed by atoms with van der Waals surface area (Å²) in [6.07, 6.45) is 2.61. The predicted octanol–water partition coefficient (Wildman–Crippen LogP) is 3.57. The van der Waals surface area contributed by atoms with E-state index in [0.29, 0.717) is 6.42 Å². The van der Waals surface area contributed by atoms with Crippen molar-refractivity contribution < 1.29 is 9.59 Å². The SMILES string of the molecule is CC(=O)N1CCc2ccccc2C1.[11CH3]CC(=O)N1CCc2ccccc2C1. The van der Waals surface area contributed by atoms with Gasteiger partial charge in [-0.3, -0.25) is 9.59 Å². The molecule has 0 unspecified atom stereocenters. The highest BCUT2D eigenvalue weighted by Gasteiger charge is 2.18. The van der Waals surface area contributed by atoms with Gasteiger partial charge < -0.3 is 9.80 Å². The number of amides is 2. The normalized spacial score (nSPS) is 15.2. The van der Waals surface area contributed by atoms with Gasteiger partial charge in [-0.15, -0.1) is 0 Å². The Morgan fingerprint density at radius 1 is 0.778 bits per heavy atom. The van der Waals surface area contributed by atoms with Crippen LogP contribution in [0.25, 0.3) is 0 Å². The summed E-state index contributed by atoms with van der Waals surface area (Å²) < 4.78 is 0. The Hall–Kier alpha value is -2.62. The predicted molar refractivity (Wildman–Crippen MR) is 107 cm³/mol. The average Bonchev–Trinajstić information content (AvgIpc) is 2.72. The second-order valence-electron chi connectivity index (χ2n) is 7.15. The number of hydrogen-bond acceptors (Lipinski definition) is 2. The molecule has 0 spiro atoms. The smallest absolute Gasteiger partial charge is 0.222 e. The quantitative estimate of drug-likeness (QED) is 0.777. The second kappa shape index (κ2) is 8.85. The molecule has 142 valence electrons. The fourth-order valence-electron chi connectivity index (χ4n) is 3.70. The van der Waals surface area contributed by atoms with E-state index in [4.69, 9.17) is 0 Å². The Balaban J connectivity index is 0.000000156. The third-order valence-electron chi connectivity index (χ3n) is 5.36. The van der Waals surface area contributed by atoms with E-state index in [0.717, 1.165) is 39.0 Å². The monoisotopic (exact) mass is 363 g/mol. The molecule has 0 aromatic heterocycles. The molecular weight excluding hydrogens is 335 g/mol. The molecule has 0 aliphatic carbocycles. The van der Waals surface area contributed by atoms with Crippen molar-refractivity contribution in [2.24, 2.45) is 0 Å². The van der Waals surface area contributed by atoms with Gasteiger partial charge in [0.25, 0.3) is 0 Å². The van der Waals surface area contributed by atoms with Gasteiger partial charge in [0.1, 0.15) is 0 Å². The van der Waals surface area contributed by atoms with E-state index in [-0.39, 0.29) is 11.8 Å². The Labute approximate surface area is 161 Å². The summed E-state index contributed by atoms with van der Waals surface area (Å²) in [5.41, 5.74) is 5.39. The lowest BCUT2D eigenvalue weighted by molar-refractivity contribution is -0.132. The molecule has 2 heterocycles. The van der Waals surface area contributed by atoms with Gasteiger partial charge in [-0.1, -0.05) is 55.5 Å². The molecule has 2 aliphatic rings. The summed E-state index contributed by atoms with van der Waals surface area (Å²) in [5, 5.41) is 0. The van der Waals surface area contributed by atoms with E-state index >= 15 is 0 Å². The van der Waals surface area contributed by atoms with Crippen molar-refractivity contribution in [3.05, 3.63) is 70.8 Å². The lowest BCUT2D eigenvalue weighted by Crippen LogP contribution is -2.35. The maximum Gasteiger partial charge on any atom is 0.222 e. The van der Waals surface area contributed by atoms with Crippen molar-refractivity contribution >= 4 is 11.8 Å². The molecule has 0 fully saturated rings.